The standard InChI is InChI=1S/C16H16ClN5OS2/c1-3-22-14(12-7-5-9-24-12)20-21-16(22)25-10(2)15(23)19-11-6-4-8-18-13(11)17/h4-10H,3H2,1-2H3,(H,19,23)/t10-/m0/s1. The zero-order valence-electron chi connectivity index (χ0n) is 13.6. The van der Waals surface area contributed by atoms with E-state index in [0.717, 1.165) is 17.2 Å². The third-order valence-electron chi connectivity index (χ3n) is 3.44. The second-order valence-electron chi connectivity index (χ2n) is 5.12. The predicted molar refractivity (Wildman–Crippen MR) is 102 cm³/mol. The highest BCUT2D eigenvalue weighted by atomic mass is 35.5. The number of carbonyl (C=O) groups is 1. The number of carbonyl (C=O) groups excluding carboxylic acids is 1. The minimum atomic E-state index is -0.359. The van der Waals surface area contributed by atoms with E-state index in [1.54, 1.807) is 29.7 Å². The molecule has 3 aromatic rings. The highest BCUT2D eigenvalue weighted by Crippen LogP contribution is 2.29. The second-order valence-corrected chi connectivity index (χ2v) is 7.73. The first-order valence-corrected chi connectivity index (χ1v) is 9.79. The molecule has 130 valence electrons. The van der Waals surface area contributed by atoms with Crippen molar-refractivity contribution in [3.63, 3.8) is 0 Å². The number of anilines is 1. The third kappa shape index (κ3) is 4.02. The number of thioether (sulfide) groups is 1. The molecule has 0 aliphatic heterocycles. The molecule has 0 bridgehead atoms. The van der Waals surface area contributed by atoms with Crippen LogP contribution in [0.2, 0.25) is 5.15 Å². The molecule has 0 spiro atoms. The van der Waals surface area contributed by atoms with E-state index in [9.17, 15) is 4.79 Å². The van der Waals surface area contributed by atoms with Gasteiger partial charge >= 0.3 is 0 Å². The Kier molecular flexibility index (Phi) is 5.72. The molecule has 0 fully saturated rings. The third-order valence-corrected chi connectivity index (χ3v) is 5.69. The van der Waals surface area contributed by atoms with Crippen LogP contribution in [0.15, 0.2) is 41.0 Å². The number of nitrogens with one attached hydrogen (secondary N) is 1. The van der Waals surface area contributed by atoms with Gasteiger partial charge in [0.05, 0.1) is 15.8 Å². The Balaban J connectivity index is 1.74. The van der Waals surface area contributed by atoms with E-state index in [2.05, 4.69) is 20.5 Å². The van der Waals surface area contributed by atoms with Crippen molar-refractivity contribution in [1.82, 2.24) is 19.7 Å². The average Bonchev–Trinajstić information content (AvgIpc) is 3.25. The first kappa shape index (κ1) is 17.9. The van der Waals surface area contributed by atoms with Crippen molar-refractivity contribution in [1.29, 1.82) is 0 Å². The summed E-state index contributed by atoms with van der Waals surface area (Å²) in [6.45, 7) is 4.58. The summed E-state index contributed by atoms with van der Waals surface area (Å²) in [5.41, 5.74) is 0.498. The summed E-state index contributed by atoms with van der Waals surface area (Å²) < 4.78 is 2.01. The van der Waals surface area contributed by atoms with Crippen molar-refractivity contribution in [2.45, 2.75) is 30.8 Å². The van der Waals surface area contributed by atoms with E-state index >= 15 is 0 Å². The number of rotatable bonds is 6. The number of pyridine rings is 1. The lowest BCUT2D eigenvalue weighted by atomic mass is 10.4. The molecular formula is C16H16ClN5OS2. The lowest BCUT2D eigenvalue weighted by Crippen LogP contribution is -2.23. The maximum Gasteiger partial charge on any atom is 0.237 e. The lowest BCUT2D eigenvalue weighted by molar-refractivity contribution is -0.115. The normalized spacial score (nSPS) is 12.1. The topological polar surface area (TPSA) is 72.7 Å². The number of aromatic nitrogens is 4. The van der Waals surface area contributed by atoms with Crippen molar-refractivity contribution in [2.24, 2.45) is 0 Å². The Morgan fingerprint density at radius 1 is 1.40 bits per heavy atom. The Hall–Kier alpha value is -1.90. The van der Waals surface area contributed by atoms with Gasteiger partial charge in [0.15, 0.2) is 16.1 Å². The summed E-state index contributed by atoms with van der Waals surface area (Å²) in [7, 11) is 0. The molecular weight excluding hydrogens is 378 g/mol. The fourth-order valence-corrected chi connectivity index (χ4v) is 3.97. The van der Waals surface area contributed by atoms with Crippen LogP contribution in [0.4, 0.5) is 5.69 Å². The summed E-state index contributed by atoms with van der Waals surface area (Å²) in [4.78, 5) is 17.4. The van der Waals surface area contributed by atoms with Crippen LogP contribution in [0.3, 0.4) is 0 Å². The molecule has 0 saturated heterocycles. The molecule has 0 aromatic carbocycles. The number of halogens is 1. The van der Waals surface area contributed by atoms with E-state index in [1.807, 2.05) is 35.9 Å². The van der Waals surface area contributed by atoms with Gasteiger partial charge in [0, 0.05) is 12.7 Å². The first-order chi connectivity index (χ1) is 12.1. The van der Waals surface area contributed by atoms with Crippen LogP contribution in [-0.4, -0.2) is 30.9 Å². The molecule has 25 heavy (non-hydrogen) atoms. The van der Waals surface area contributed by atoms with E-state index in [-0.39, 0.29) is 16.3 Å². The van der Waals surface area contributed by atoms with Gasteiger partial charge in [-0.05, 0) is 37.4 Å². The molecule has 0 aliphatic carbocycles. The fourth-order valence-electron chi connectivity index (χ4n) is 2.17. The zero-order valence-corrected chi connectivity index (χ0v) is 16.0. The quantitative estimate of drug-likeness (QED) is 0.502. The Bertz CT molecular complexity index is 865. The Labute approximate surface area is 158 Å². The van der Waals surface area contributed by atoms with Gasteiger partial charge in [-0.15, -0.1) is 21.5 Å². The summed E-state index contributed by atoms with van der Waals surface area (Å²) in [5, 5.41) is 14.0. The smallest absolute Gasteiger partial charge is 0.237 e. The number of hydrogen-bond acceptors (Lipinski definition) is 6. The van der Waals surface area contributed by atoms with E-state index < -0.39 is 0 Å². The van der Waals surface area contributed by atoms with Crippen LogP contribution in [0.1, 0.15) is 13.8 Å². The van der Waals surface area contributed by atoms with Crippen LogP contribution in [0.25, 0.3) is 10.7 Å². The number of amides is 1. The molecule has 0 saturated carbocycles. The Morgan fingerprint density at radius 2 is 2.24 bits per heavy atom. The van der Waals surface area contributed by atoms with E-state index in [4.69, 9.17) is 11.6 Å². The maximum absolute atomic E-state index is 12.4. The van der Waals surface area contributed by atoms with Crippen molar-refractivity contribution in [3.8, 4) is 10.7 Å². The number of hydrogen-bond donors (Lipinski definition) is 1. The van der Waals surface area contributed by atoms with Crippen LogP contribution in [0.5, 0.6) is 0 Å². The monoisotopic (exact) mass is 393 g/mol. The maximum atomic E-state index is 12.4. The van der Waals surface area contributed by atoms with E-state index in [1.165, 1.54) is 11.8 Å². The SMILES string of the molecule is CCn1c(S[C@@H](C)C(=O)Nc2cccnc2Cl)nnc1-c1cccs1. The first-order valence-electron chi connectivity index (χ1n) is 7.65. The lowest BCUT2D eigenvalue weighted by Gasteiger charge is -2.13. The second kappa shape index (κ2) is 7.99. The molecule has 0 unspecified atom stereocenters. The molecule has 3 aromatic heterocycles. The molecule has 0 aliphatic rings. The van der Waals surface area contributed by atoms with Crippen molar-refractivity contribution in [3.05, 3.63) is 41.0 Å². The van der Waals surface area contributed by atoms with Crippen molar-refractivity contribution in [2.75, 3.05) is 5.32 Å². The van der Waals surface area contributed by atoms with Crippen molar-refractivity contribution < 1.29 is 4.79 Å². The Morgan fingerprint density at radius 3 is 2.92 bits per heavy atom. The largest absolute Gasteiger partial charge is 0.322 e. The van der Waals surface area contributed by atoms with Gasteiger partial charge in [-0.3, -0.25) is 4.79 Å². The molecule has 1 atom stereocenters. The van der Waals surface area contributed by atoms with E-state index in [0.29, 0.717) is 10.8 Å². The van der Waals surface area contributed by atoms with Gasteiger partial charge in [0.1, 0.15) is 0 Å². The van der Waals surface area contributed by atoms with Crippen molar-refractivity contribution >= 4 is 46.3 Å². The van der Waals surface area contributed by atoms with Crippen LogP contribution >= 0.6 is 34.7 Å². The molecule has 1 N–H and O–H groups in total. The summed E-state index contributed by atoms with van der Waals surface area (Å²) in [6, 6.07) is 7.43. The van der Waals surface area contributed by atoms with Gasteiger partial charge in [-0.1, -0.05) is 29.4 Å². The summed E-state index contributed by atoms with van der Waals surface area (Å²) >= 11 is 8.96. The highest BCUT2D eigenvalue weighted by molar-refractivity contribution is 8.00. The number of thiophene rings is 1. The molecule has 3 rings (SSSR count). The van der Waals surface area contributed by atoms with Gasteiger partial charge in [0.2, 0.25) is 5.91 Å². The average molecular weight is 394 g/mol. The van der Waals surface area contributed by atoms with Crippen LogP contribution < -0.4 is 5.32 Å². The van der Waals surface area contributed by atoms with Gasteiger partial charge in [-0.25, -0.2) is 4.98 Å². The van der Waals surface area contributed by atoms with Crippen LogP contribution in [-0.2, 0) is 11.3 Å². The molecule has 3 heterocycles. The van der Waals surface area contributed by atoms with Crippen LogP contribution in [0, 0.1) is 0 Å². The predicted octanol–water partition coefficient (Wildman–Crippen LogP) is 4.19. The van der Waals surface area contributed by atoms with Gasteiger partial charge in [-0.2, -0.15) is 0 Å². The molecule has 6 nitrogen and oxygen atoms in total. The summed E-state index contributed by atoms with van der Waals surface area (Å²) in [6.07, 6.45) is 1.58. The summed E-state index contributed by atoms with van der Waals surface area (Å²) in [5.74, 6) is 0.658. The van der Waals surface area contributed by atoms with Gasteiger partial charge < -0.3 is 9.88 Å². The molecule has 0 radical (unpaired) electrons. The minimum Gasteiger partial charge on any atom is -0.322 e. The highest BCUT2D eigenvalue weighted by Gasteiger charge is 2.21. The molecule has 9 heteroatoms. The fraction of sp³-hybridized carbons (Fsp3) is 0.250. The molecule has 1 amide bonds. The van der Waals surface area contributed by atoms with Gasteiger partial charge in [0.25, 0.3) is 0 Å². The minimum absolute atomic E-state index is 0.164. The zero-order chi connectivity index (χ0) is 17.8. The number of nitrogens with zero attached hydrogens (tertiary/aromatic N) is 4.